The van der Waals surface area contributed by atoms with E-state index in [2.05, 4.69) is 4.99 Å². The van der Waals surface area contributed by atoms with Gasteiger partial charge < -0.3 is 9.84 Å². The molecule has 0 aliphatic rings. The van der Waals surface area contributed by atoms with Crippen molar-refractivity contribution in [3.63, 3.8) is 0 Å². The second-order valence-electron chi connectivity index (χ2n) is 6.03. The Balaban J connectivity index is 1.86. The molecule has 0 atom stereocenters. The Morgan fingerprint density at radius 2 is 1.96 bits per heavy atom. The lowest BCUT2D eigenvalue weighted by Crippen LogP contribution is -1.88. The molecule has 0 aliphatic heterocycles. The minimum absolute atomic E-state index is 0.0723. The average molecular weight is 412 g/mol. The summed E-state index contributed by atoms with van der Waals surface area (Å²) in [7, 11) is 1.50. The highest BCUT2D eigenvalue weighted by atomic mass is 35.5. The van der Waals surface area contributed by atoms with Crippen LogP contribution in [0.15, 0.2) is 65.8 Å². The van der Waals surface area contributed by atoms with Gasteiger partial charge in [-0.3, -0.25) is 4.40 Å². The second-order valence-corrected chi connectivity index (χ2v) is 6.87. The van der Waals surface area contributed by atoms with E-state index in [1.807, 2.05) is 34.9 Å². The van der Waals surface area contributed by atoms with E-state index in [-0.39, 0.29) is 5.75 Å². The molecule has 4 rings (SSSR count). The van der Waals surface area contributed by atoms with Crippen molar-refractivity contribution < 1.29 is 9.84 Å². The van der Waals surface area contributed by atoms with Gasteiger partial charge in [-0.2, -0.15) is 0 Å². The van der Waals surface area contributed by atoms with E-state index in [0.29, 0.717) is 27.3 Å². The summed E-state index contributed by atoms with van der Waals surface area (Å²) >= 11 is 12.4. The molecule has 4 aromatic rings. The van der Waals surface area contributed by atoms with Crippen molar-refractivity contribution in [2.45, 2.75) is 0 Å². The summed E-state index contributed by atoms with van der Waals surface area (Å²) in [5.74, 6) is 1.08. The molecule has 0 saturated carbocycles. The third-order valence-corrected chi connectivity index (χ3v) is 4.78. The number of methoxy groups -OCH3 is 1. The van der Waals surface area contributed by atoms with E-state index in [1.165, 1.54) is 7.11 Å². The zero-order valence-electron chi connectivity index (χ0n) is 14.8. The molecule has 1 N–H and O–H groups in total. The summed E-state index contributed by atoms with van der Waals surface area (Å²) in [6, 6.07) is 16.0. The number of halogens is 2. The highest BCUT2D eigenvalue weighted by Crippen LogP contribution is 2.36. The Kier molecular flexibility index (Phi) is 4.94. The van der Waals surface area contributed by atoms with Gasteiger partial charge >= 0.3 is 0 Å². The predicted molar refractivity (Wildman–Crippen MR) is 113 cm³/mol. The van der Waals surface area contributed by atoms with E-state index in [0.717, 1.165) is 16.8 Å². The fourth-order valence-electron chi connectivity index (χ4n) is 2.88. The SMILES string of the molecule is COc1cc(C=Nc2c(-c3ccc(Cl)cc3Cl)nc3ccccn23)ccc1O. The van der Waals surface area contributed by atoms with E-state index < -0.39 is 0 Å². The Labute approximate surface area is 171 Å². The zero-order chi connectivity index (χ0) is 19.7. The fourth-order valence-corrected chi connectivity index (χ4v) is 3.38. The summed E-state index contributed by atoms with van der Waals surface area (Å²) in [6.07, 6.45) is 3.57. The molecule has 2 aromatic carbocycles. The van der Waals surface area contributed by atoms with Crippen LogP contribution in [0.4, 0.5) is 5.82 Å². The number of aliphatic imine (C=N–C) groups is 1. The first-order chi connectivity index (χ1) is 13.6. The number of imidazole rings is 1. The van der Waals surface area contributed by atoms with Crippen LogP contribution in [0.2, 0.25) is 10.0 Å². The molecule has 0 radical (unpaired) electrons. The number of rotatable bonds is 4. The number of pyridine rings is 1. The van der Waals surface area contributed by atoms with E-state index in [9.17, 15) is 5.11 Å². The maximum absolute atomic E-state index is 9.77. The average Bonchev–Trinajstić information content (AvgIpc) is 3.05. The normalized spacial score (nSPS) is 11.4. The fraction of sp³-hybridized carbons (Fsp3) is 0.0476. The van der Waals surface area contributed by atoms with Gasteiger partial charge in [-0.25, -0.2) is 9.98 Å². The van der Waals surface area contributed by atoms with Gasteiger partial charge in [-0.15, -0.1) is 0 Å². The minimum atomic E-state index is 0.0723. The number of ether oxygens (including phenoxy) is 1. The van der Waals surface area contributed by atoms with Crippen LogP contribution in [-0.4, -0.2) is 27.8 Å². The van der Waals surface area contributed by atoms with Crippen LogP contribution < -0.4 is 4.74 Å². The van der Waals surface area contributed by atoms with Gasteiger partial charge in [0.15, 0.2) is 17.3 Å². The Morgan fingerprint density at radius 3 is 2.75 bits per heavy atom. The third-order valence-electron chi connectivity index (χ3n) is 4.23. The Morgan fingerprint density at radius 1 is 1.11 bits per heavy atom. The molecule has 0 bridgehead atoms. The first-order valence-electron chi connectivity index (χ1n) is 8.40. The Bertz CT molecular complexity index is 1200. The first kappa shape index (κ1) is 18.3. The molecule has 28 heavy (non-hydrogen) atoms. The highest BCUT2D eigenvalue weighted by molar-refractivity contribution is 6.36. The van der Waals surface area contributed by atoms with Crippen molar-refractivity contribution in [3.05, 3.63) is 76.4 Å². The van der Waals surface area contributed by atoms with E-state index in [1.54, 1.807) is 36.5 Å². The van der Waals surface area contributed by atoms with Crippen LogP contribution in [0.3, 0.4) is 0 Å². The van der Waals surface area contributed by atoms with Crippen LogP contribution >= 0.6 is 23.2 Å². The van der Waals surface area contributed by atoms with Gasteiger partial charge in [-0.05, 0) is 54.1 Å². The largest absolute Gasteiger partial charge is 0.504 e. The number of phenols is 1. The molecule has 5 nitrogen and oxygen atoms in total. The molecule has 0 spiro atoms. The smallest absolute Gasteiger partial charge is 0.165 e. The maximum Gasteiger partial charge on any atom is 0.165 e. The zero-order valence-corrected chi connectivity index (χ0v) is 16.3. The molecule has 0 aliphatic carbocycles. The van der Waals surface area contributed by atoms with Crippen LogP contribution in [0, 0.1) is 0 Å². The van der Waals surface area contributed by atoms with Crippen molar-refractivity contribution in [3.8, 4) is 22.8 Å². The summed E-state index contributed by atoms with van der Waals surface area (Å²) in [4.78, 5) is 9.35. The molecule has 7 heteroatoms. The molecule has 0 saturated heterocycles. The molecule has 2 heterocycles. The number of aromatic nitrogens is 2. The van der Waals surface area contributed by atoms with Crippen molar-refractivity contribution in [2.24, 2.45) is 4.99 Å². The maximum atomic E-state index is 9.77. The van der Waals surface area contributed by atoms with Gasteiger partial charge in [0, 0.05) is 23.0 Å². The third kappa shape index (κ3) is 3.42. The number of nitrogens with zero attached hydrogens (tertiary/aromatic N) is 3. The summed E-state index contributed by atoms with van der Waals surface area (Å²) < 4.78 is 7.04. The lowest BCUT2D eigenvalue weighted by Gasteiger charge is -2.05. The summed E-state index contributed by atoms with van der Waals surface area (Å²) in [5.41, 5.74) is 2.91. The van der Waals surface area contributed by atoms with E-state index >= 15 is 0 Å². The van der Waals surface area contributed by atoms with E-state index in [4.69, 9.17) is 32.9 Å². The number of aromatic hydroxyl groups is 1. The van der Waals surface area contributed by atoms with Gasteiger partial charge in [0.2, 0.25) is 0 Å². The highest BCUT2D eigenvalue weighted by Gasteiger charge is 2.16. The van der Waals surface area contributed by atoms with Crippen LogP contribution in [0.1, 0.15) is 5.56 Å². The molecule has 0 amide bonds. The van der Waals surface area contributed by atoms with Crippen LogP contribution in [0.5, 0.6) is 11.5 Å². The predicted octanol–water partition coefficient (Wildman–Crippen LogP) is 5.77. The van der Waals surface area contributed by atoms with Gasteiger partial charge in [0.25, 0.3) is 0 Å². The number of fused-ring (bicyclic) bond motifs is 1. The summed E-state index contributed by atoms with van der Waals surface area (Å²) in [6.45, 7) is 0. The van der Waals surface area contributed by atoms with Crippen molar-refractivity contribution in [2.75, 3.05) is 7.11 Å². The van der Waals surface area contributed by atoms with Crippen molar-refractivity contribution >= 4 is 40.9 Å². The van der Waals surface area contributed by atoms with Crippen LogP contribution in [0.25, 0.3) is 16.9 Å². The number of benzene rings is 2. The number of phenolic OH excluding ortho intramolecular Hbond substituents is 1. The minimum Gasteiger partial charge on any atom is -0.504 e. The monoisotopic (exact) mass is 411 g/mol. The second kappa shape index (κ2) is 7.54. The Hall–Kier alpha value is -3.02. The topological polar surface area (TPSA) is 59.1 Å². The standard InChI is InChI=1S/C21H15Cl2N3O2/c1-28-18-10-13(5-8-17(18)27)12-24-21-20(15-7-6-14(22)11-16(15)23)25-19-4-2-3-9-26(19)21/h2-12,27H,1H3. The molecule has 2 aromatic heterocycles. The quantitative estimate of drug-likeness (QED) is 0.433. The molecule has 140 valence electrons. The van der Waals surface area contributed by atoms with Gasteiger partial charge in [-0.1, -0.05) is 29.3 Å². The van der Waals surface area contributed by atoms with Gasteiger partial charge in [0.05, 0.1) is 12.1 Å². The van der Waals surface area contributed by atoms with Gasteiger partial charge in [0.1, 0.15) is 11.3 Å². The number of hydrogen-bond acceptors (Lipinski definition) is 4. The first-order valence-corrected chi connectivity index (χ1v) is 9.16. The molecular weight excluding hydrogens is 397 g/mol. The summed E-state index contributed by atoms with van der Waals surface area (Å²) in [5, 5.41) is 10.8. The van der Waals surface area contributed by atoms with Crippen molar-refractivity contribution in [1.82, 2.24) is 9.38 Å². The lowest BCUT2D eigenvalue weighted by molar-refractivity contribution is 0.373. The molecule has 0 fully saturated rings. The van der Waals surface area contributed by atoms with Crippen molar-refractivity contribution in [1.29, 1.82) is 0 Å². The number of hydrogen-bond donors (Lipinski definition) is 1. The lowest BCUT2D eigenvalue weighted by atomic mass is 10.1. The molecule has 0 unspecified atom stereocenters. The molecular formula is C21H15Cl2N3O2. The van der Waals surface area contributed by atoms with Crippen LogP contribution in [-0.2, 0) is 0 Å².